The van der Waals surface area contributed by atoms with Crippen LogP contribution >= 0.6 is 0 Å². The molecule has 1 fully saturated rings. The minimum Gasteiger partial charge on any atom is -0.381 e. The van der Waals surface area contributed by atoms with Crippen LogP contribution in [0.2, 0.25) is 0 Å². The van der Waals surface area contributed by atoms with Gasteiger partial charge in [0.2, 0.25) is 5.78 Å². The summed E-state index contributed by atoms with van der Waals surface area (Å²) in [6.45, 7) is 1.15. The molecule has 0 saturated carbocycles. The van der Waals surface area contributed by atoms with Crippen molar-refractivity contribution in [2.24, 2.45) is 5.92 Å². The van der Waals surface area contributed by atoms with Crippen LogP contribution in [0.4, 0.5) is 0 Å². The molecule has 56 valence electrons. The highest BCUT2D eigenvalue weighted by Crippen LogP contribution is 2.12. The summed E-state index contributed by atoms with van der Waals surface area (Å²) in [6.07, 6.45) is 2.08. The summed E-state index contributed by atoms with van der Waals surface area (Å²) in [6, 6.07) is 0. The lowest BCUT2D eigenvalue weighted by molar-refractivity contribution is -0.135. The Kier molecular flexibility index (Phi) is 2.57. The Balaban J connectivity index is 2.38. The molecule has 0 N–H and O–H groups in total. The van der Waals surface area contributed by atoms with E-state index in [1.807, 2.05) is 0 Å². The molecule has 1 heterocycles. The van der Waals surface area contributed by atoms with Gasteiger partial charge in [-0.1, -0.05) is 0 Å². The number of hydrogen-bond donors (Lipinski definition) is 0. The van der Waals surface area contributed by atoms with Crippen molar-refractivity contribution in [3.8, 4) is 0 Å². The van der Waals surface area contributed by atoms with Gasteiger partial charge in [0.25, 0.3) is 0 Å². The SMILES string of the molecule is O=CC(=O)C1CCCOC1. The molecule has 1 unspecified atom stereocenters. The molecule has 1 aliphatic heterocycles. The molecule has 0 bridgehead atoms. The Morgan fingerprint density at radius 3 is 2.90 bits per heavy atom. The van der Waals surface area contributed by atoms with Crippen molar-refractivity contribution in [1.29, 1.82) is 0 Å². The maximum atomic E-state index is 10.7. The second kappa shape index (κ2) is 3.46. The van der Waals surface area contributed by atoms with Gasteiger partial charge in [-0.3, -0.25) is 9.59 Å². The molecule has 0 aliphatic carbocycles. The Hall–Kier alpha value is -0.700. The van der Waals surface area contributed by atoms with Crippen LogP contribution < -0.4 is 0 Å². The van der Waals surface area contributed by atoms with E-state index in [0.29, 0.717) is 12.9 Å². The van der Waals surface area contributed by atoms with Crippen molar-refractivity contribution in [1.82, 2.24) is 0 Å². The zero-order valence-electron chi connectivity index (χ0n) is 5.71. The highest BCUT2D eigenvalue weighted by molar-refractivity contribution is 6.26. The maximum absolute atomic E-state index is 10.7. The van der Waals surface area contributed by atoms with Crippen LogP contribution in [0.5, 0.6) is 0 Å². The first kappa shape index (κ1) is 7.41. The van der Waals surface area contributed by atoms with Crippen LogP contribution in [-0.2, 0) is 14.3 Å². The molecule has 0 aromatic rings. The van der Waals surface area contributed by atoms with Crippen LogP contribution in [0.15, 0.2) is 0 Å². The zero-order chi connectivity index (χ0) is 7.40. The van der Waals surface area contributed by atoms with E-state index in [2.05, 4.69) is 0 Å². The largest absolute Gasteiger partial charge is 0.381 e. The van der Waals surface area contributed by atoms with E-state index in [0.717, 1.165) is 19.4 Å². The van der Waals surface area contributed by atoms with Crippen molar-refractivity contribution in [3.05, 3.63) is 0 Å². The fourth-order valence-corrected chi connectivity index (χ4v) is 1.06. The van der Waals surface area contributed by atoms with E-state index in [9.17, 15) is 9.59 Å². The molecule has 10 heavy (non-hydrogen) atoms. The summed E-state index contributed by atoms with van der Waals surface area (Å²) < 4.78 is 5.03. The summed E-state index contributed by atoms with van der Waals surface area (Å²) in [4.78, 5) is 20.7. The molecule has 1 rings (SSSR count). The molecule has 3 heteroatoms. The predicted molar refractivity (Wildman–Crippen MR) is 34.6 cm³/mol. The Bertz CT molecular complexity index is 136. The number of rotatable bonds is 2. The summed E-state index contributed by atoms with van der Waals surface area (Å²) in [7, 11) is 0. The van der Waals surface area contributed by atoms with Gasteiger partial charge in [-0.05, 0) is 12.8 Å². The van der Waals surface area contributed by atoms with E-state index >= 15 is 0 Å². The third kappa shape index (κ3) is 1.64. The molecular weight excluding hydrogens is 132 g/mol. The molecule has 1 atom stereocenters. The highest BCUT2D eigenvalue weighted by Gasteiger charge is 2.20. The minimum absolute atomic E-state index is 0.161. The van der Waals surface area contributed by atoms with Gasteiger partial charge >= 0.3 is 0 Å². The minimum atomic E-state index is -0.320. The Morgan fingerprint density at radius 2 is 2.40 bits per heavy atom. The van der Waals surface area contributed by atoms with Gasteiger partial charge in [0.05, 0.1) is 6.61 Å². The number of hydrogen-bond acceptors (Lipinski definition) is 3. The summed E-state index contributed by atoms with van der Waals surface area (Å²) >= 11 is 0. The fourth-order valence-electron chi connectivity index (χ4n) is 1.06. The third-order valence-corrected chi connectivity index (χ3v) is 1.68. The van der Waals surface area contributed by atoms with Crippen molar-refractivity contribution in [2.45, 2.75) is 12.8 Å². The number of aldehydes is 1. The van der Waals surface area contributed by atoms with Crippen molar-refractivity contribution in [3.63, 3.8) is 0 Å². The normalized spacial score (nSPS) is 25.8. The van der Waals surface area contributed by atoms with Crippen LogP contribution in [-0.4, -0.2) is 25.3 Å². The fraction of sp³-hybridized carbons (Fsp3) is 0.714. The topological polar surface area (TPSA) is 43.4 Å². The van der Waals surface area contributed by atoms with Gasteiger partial charge in [-0.25, -0.2) is 0 Å². The van der Waals surface area contributed by atoms with Crippen molar-refractivity contribution in [2.75, 3.05) is 13.2 Å². The molecular formula is C7H10O3. The van der Waals surface area contributed by atoms with Crippen LogP contribution in [0, 0.1) is 5.92 Å². The first-order valence-electron chi connectivity index (χ1n) is 3.41. The number of ether oxygens (including phenoxy) is 1. The number of ketones is 1. The second-order valence-corrected chi connectivity index (χ2v) is 2.43. The molecule has 0 aromatic carbocycles. The van der Waals surface area contributed by atoms with E-state index in [-0.39, 0.29) is 11.7 Å². The van der Waals surface area contributed by atoms with E-state index < -0.39 is 0 Å². The predicted octanol–water partition coefficient (Wildman–Crippen LogP) is 0.181. The van der Waals surface area contributed by atoms with Gasteiger partial charge < -0.3 is 4.74 Å². The molecule has 0 amide bonds. The summed E-state index contributed by atoms with van der Waals surface area (Å²) in [5.74, 6) is -0.481. The lowest BCUT2D eigenvalue weighted by Crippen LogP contribution is -2.25. The maximum Gasteiger partial charge on any atom is 0.200 e. The first-order valence-corrected chi connectivity index (χ1v) is 3.41. The monoisotopic (exact) mass is 142 g/mol. The second-order valence-electron chi connectivity index (χ2n) is 2.43. The number of carbonyl (C=O) groups is 2. The summed E-state index contributed by atoms with van der Waals surface area (Å²) in [5, 5.41) is 0. The smallest absolute Gasteiger partial charge is 0.200 e. The zero-order valence-corrected chi connectivity index (χ0v) is 5.71. The standard InChI is InChI=1S/C7H10O3/c8-4-7(9)6-2-1-3-10-5-6/h4,6H,1-3,5H2. The average molecular weight is 142 g/mol. The van der Waals surface area contributed by atoms with Gasteiger partial charge in [0.15, 0.2) is 6.29 Å². The molecule has 0 spiro atoms. The van der Waals surface area contributed by atoms with Crippen molar-refractivity contribution >= 4 is 12.1 Å². The number of Topliss-reactive ketones (excluding diaryl/α,β-unsaturated/α-hetero) is 1. The molecule has 3 nitrogen and oxygen atoms in total. The van der Waals surface area contributed by atoms with Crippen LogP contribution in [0.1, 0.15) is 12.8 Å². The van der Waals surface area contributed by atoms with Crippen LogP contribution in [0.25, 0.3) is 0 Å². The number of carbonyl (C=O) groups excluding carboxylic acids is 2. The van der Waals surface area contributed by atoms with Gasteiger partial charge in [0, 0.05) is 12.5 Å². The van der Waals surface area contributed by atoms with Crippen molar-refractivity contribution < 1.29 is 14.3 Å². The highest BCUT2D eigenvalue weighted by atomic mass is 16.5. The lowest BCUT2D eigenvalue weighted by Gasteiger charge is -2.18. The van der Waals surface area contributed by atoms with Gasteiger partial charge in [-0.15, -0.1) is 0 Å². The Labute approximate surface area is 59.4 Å². The molecule has 0 radical (unpaired) electrons. The Morgan fingerprint density at radius 1 is 1.60 bits per heavy atom. The molecule has 1 saturated heterocycles. The first-order chi connectivity index (χ1) is 4.84. The van der Waals surface area contributed by atoms with Gasteiger partial charge in [-0.2, -0.15) is 0 Å². The summed E-state index contributed by atoms with van der Waals surface area (Å²) in [5.41, 5.74) is 0. The molecule has 0 aromatic heterocycles. The van der Waals surface area contributed by atoms with E-state index in [1.54, 1.807) is 0 Å². The van der Waals surface area contributed by atoms with E-state index in [4.69, 9.17) is 4.74 Å². The van der Waals surface area contributed by atoms with E-state index in [1.165, 1.54) is 0 Å². The molecule has 1 aliphatic rings. The average Bonchev–Trinajstić information content (AvgIpc) is 2.05. The van der Waals surface area contributed by atoms with Crippen LogP contribution in [0.3, 0.4) is 0 Å². The quantitative estimate of drug-likeness (QED) is 0.408. The van der Waals surface area contributed by atoms with Gasteiger partial charge in [0.1, 0.15) is 0 Å². The lowest BCUT2D eigenvalue weighted by atomic mass is 9.98. The third-order valence-electron chi connectivity index (χ3n) is 1.68.